The van der Waals surface area contributed by atoms with Crippen molar-refractivity contribution in [3.8, 4) is 0 Å². The Morgan fingerprint density at radius 3 is 2.50 bits per heavy atom. The zero-order valence-corrected chi connectivity index (χ0v) is 11.8. The molecule has 1 unspecified atom stereocenters. The van der Waals surface area contributed by atoms with Crippen LogP contribution in [0.3, 0.4) is 0 Å². The number of amides is 2. The molecule has 0 fully saturated rings. The van der Waals surface area contributed by atoms with E-state index in [9.17, 15) is 9.59 Å². The third-order valence-electron chi connectivity index (χ3n) is 2.97. The van der Waals surface area contributed by atoms with Crippen LogP contribution in [0.15, 0.2) is 30.0 Å². The summed E-state index contributed by atoms with van der Waals surface area (Å²) in [6.07, 6.45) is 1.67. The van der Waals surface area contributed by atoms with Crippen molar-refractivity contribution in [1.29, 1.82) is 0 Å². The lowest BCUT2D eigenvalue weighted by atomic mass is 9.99. The van der Waals surface area contributed by atoms with Crippen molar-refractivity contribution in [3.63, 3.8) is 0 Å². The van der Waals surface area contributed by atoms with Crippen LogP contribution in [0, 0.1) is 13.8 Å². The third kappa shape index (κ3) is 3.17. The van der Waals surface area contributed by atoms with E-state index in [-0.39, 0.29) is 18.3 Å². The monoisotopic (exact) mass is 274 g/mol. The van der Waals surface area contributed by atoms with Gasteiger partial charge in [-0.25, -0.2) is 9.59 Å². The van der Waals surface area contributed by atoms with Gasteiger partial charge in [-0.2, -0.15) is 0 Å². The van der Waals surface area contributed by atoms with Crippen LogP contribution in [-0.2, 0) is 9.53 Å². The molecule has 0 aromatic heterocycles. The number of rotatable bonds is 3. The van der Waals surface area contributed by atoms with E-state index in [0.29, 0.717) is 0 Å². The van der Waals surface area contributed by atoms with E-state index >= 15 is 0 Å². The number of nitrogens with one attached hydrogen (secondary N) is 2. The van der Waals surface area contributed by atoms with Crippen LogP contribution in [0.2, 0.25) is 0 Å². The van der Waals surface area contributed by atoms with E-state index in [1.165, 1.54) is 0 Å². The number of hydrogen-bond donors (Lipinski definition) is 2. The summed E-state index contributed by atoms with van der Waals surface area (Å²) in [6, 6.07) is 5.30. The number of hydrogen-bond acceptors (Lipinski definition) is 3. The van der Waals surface area contributed by atoms with Crippen LogP contribution in [0.1, 0.15) is 29.7 Å². The molecule has 0 bridgehead atoms. The number of aryl methyl sites for hydroxylation is 2. The summed E-state index contributed by atoms with van der Waals surface area (Å²) in [5, 5.41) is 5.25. The van der Waals surface area contributed by atoms with Crippen molar-refractivity contribution in [1.82, 2.24) is 10.6 Å². The molecule has 1 aliphatic rings. The second-order valence-corrected chi connectivity index (χ2v) is 4.80. The minimum atomic E-state index is -0.517. The van der Waals surface area contributed by atoms with Crippen molar-refractivity contribution >= 4 is 12.0 Å². The number of esters is 1. The lowest BCUT2D eigenvalue weighted by Crippen LogP contribution is -2.43. The molecule has 5 heteroatoms. The van der Waals surface area contributed by atoms with E-state index in [1.807, 2.05) is 26.0 Å². The van der Waals surface area contributed by atoms with Gasteiger partial charge in [-0.15, -0.1) is 0 Å². The van der Waals surface area contributed by atoms with E-state index in [4.69, 9.17) is 4.74 Å². The predicted octanol–water partition coefficient (Wildman–Crippen LogP) is 2.10. The Labute approximate surface area is 118 Å². The Kier molecular flexibility index (Phi) is 4.08. The fraction of sp³-hybridized carbons (Fsp3) is 0.333. The van der Waals surface area contributed by atoms with Gasteiger partial charge in [0.25, 0.3) is 0 Å². The lowest BCUT2D eigenvalue weighted by molar-refractivity contribution is -0.138. The van der Waals surface area contributed by atoms with Crippen molar-refractivity contribution < 1.29 is 14.3 Å². The summed E-state index contributed by atoms with van der Waals surface area (Å²) in [7, 11) is 0. The summed E-state index contributed by atoms with van der Waals surface area (Å²) < 4.78 is 4.91. The van der Waals surface area contributed by atoms with Crippen LogP contribution in [0.25, 0.3) is 0 Å². The van der Waals surface area contributed by atoms with Gasteiger partial charge in [-0.1, -0.05) is 29.3 Å². The van der Waals surface area contributed by atoms with Gasteiger partial charge in [-0.05, 0) is 32.4 Å². The molecule has 1 aliphatic heterocycles. The van der Waals surface area contributed by atoms with Crippen molar-refractivity contribution in [2.75, 3.05) is 6.61 Å². The van der Waals surface area contributed by atoms with Crippen LogP contribution in [-0.4, -0.2) is 18.6 Å². The normalized spacial score (nSPS) is 17.9. The van der Waals surface area contributed by atoms with Gasteiger partial charge in [0.15, 0.2) is 0 Å². The summed E-state index contributed by atoms with van der Waals surface area (Å²) in [6.45, 7) is 5.99. The highest BCUT2D eigenvalue weighted by Crippen LogP contribution is 2.21. The van der Waals surface area contributed by atoms with Crippen molar-refractivity contribution in [2.45, 2.75) is 26.8 Å². The number of carbonyl (C=O) groups is 2. The van der Waals surface area contributed by atoms with Gasteiger partial charge in [0, 0.05) is 0 Å². The minimum absolute atomic E-state index is 0.180. The molecule has 0 aliphatic carbocycles. The van der Waals surface area contributed by atoms with Gasteiger partial charge in [0.1, 0.15) is 5.70 Å². The van der Waals surface area contributed by atoms with E-state index in [0.717, 1.165) is 16.7 Å². The molecule has 1 aromatic carbocycles. The Morgan fingerprint density at radius 2 is 1.90 bits per heavy atom. The van der Waals surface area contributed by atoms with E-state index < -0.39 is 12.0 Å². The maximum Gasteiger partial charge on any atom is 0.354 e. The second-order valence-electron chi connectivity index (χ2n) is 4.80. The van der Waals surface area contributed by atoms with Gasteiger partial charge < -0.3 is 15.4 Å². The average Bonchev–Trinajstić information content (AvgIpc) is 2.37. The van der Waals surface area contributed by atoms with Crippen molar-refractivity contribution in [3.05, 3.63) is 46.7 Å². The summed E-state index contributed by atoms with van der Waals surface area (Å²) in [4.78, 5) is 23.4. The molecule has 20 heavy (non-hydrogen) atoms. The molecular formula is C15H18N2O3. The van der Waals surface area contributed by atoms with E-state index in [2.05, 4.69) is 16.7 Å². The molecule has 0 saturated carbocycles. The number of ether oxygens (including phenoxy) is 1. The molecule has 1 atom stereocenters. The summed E-state index contributed by atoms with van der Waals surface area (Å²) in [5.41, 5.74) is 3.34. The summed E-state index contributed by atoms with van der Waals surface area (Å²) >= 11 is 0. The van der Waals surface area contributed by atoms with Crippen LogP contribution in [0.5, 0.6) is 0 Å². The molecule has 2 N–H and O–H groups in total. The minimum Gasteiger partial charge on any atom is -0.461 e. The first-order chi connectivity index (χ1) is 9.49. The largest absolute Gasteiger partial charge is 0.461 e. The van der Waals surface area contributed by atoms with Gasteiger partial charge in [-0.3, -0.25) is 0 Å². The van der Waals surface area contributed by atoms with Crippen molar-refractivity contribution in [2.24, 2.45) is 0 Å². The number of urea groups is 1. The van der Waals surface area contributed by atoms with Gasteiger partial charge in [0.2, 0.25) is 0 Å². The molecule has 1 heterocycles. The Bertz CT molecular complexity index is 558. The molecule has 2 amide bonds. The molecule has 1 aromatic rings. The standard InChI is InChI=1S/C15H18N2O3/c1-4-20-14(18)13-8-12(16-15(19)17-13)11-6-9(2)5-10(3)7-11/h5-8,12H,4H2,1-3H3,(H2,16,17,19). The Hall–Kier alpha value is -2.30. The van der Waals surface area contributed by atoms with Crippen LogP contribution >= 0.6 is 0 Å². The number of carbonyl (C=O) groups excluding carboxylic acids is 2. The fourth-order valence-electron chi connectivity index (χ4n) is 2.25. The van der Waals surface area contributed by atoms with Crippen LogP contribution < -0.4 is 10.6 Å². The lowest BCUT2D eigenvalue weighted by Gasteiger charge is -2.23. The molecule has 0 radical (unpaired) electrons. The number of benzene rings is 1. The molecule has 2 rings (SSSR count). The maximum atomic E-state index is 11.7. The summed E-state index contributed by atoms with van der Waals surface area (Å²) in [5.74, 6) is -0.517. The smallest absolute Gasteiger partial charge is 0.354 e. The quantitative estimate of drug-likeness (QED) is 0.829. The van der Waals surface area contributed by atoms with E-state index in [1.54, 1.807) is 13.0 Å². The maximum absolute atomic E-state index is 11.7. The molecule has 5 nitrogen and oxygen atoms in total. The Balaban J connectivity index is 2.32. The fourth-order valence-corrected chi connectivity index (χ4v) is 2.25. The molecule has 0 saturated heterocycles. The molecule has 0 spiro atoms. The SMILES string of the molecule is CCOC(=O)C1=CC(c2cc(C)cc(C)c2)NC(=O)N1. The third-order valence-corrected chi connectivity index (χ3v) is 2.97. The van der Waals surface area contributed by atoms with Gasteiger partial charge >= 0.3 is 12.0 Å². The zero-order chi connectivity index (χ0) is 14.7. The topological polar surface area (TPSA) is 67.4 Å². The zero-order valence-electron chi connectivity index (χ0n) is 11.8. The van der Waals surface area contributed by atoms with Crippen LogP contribution in [0.4, 0.5) is 4.79 Å². The highest BCUT2D eigenvalue weighted by atomic mass is 16.5. The molecular weight excluding hydrogens is 256 g/mol. The first-order valence-electron chi connectivity index (χ1n) is 6.54. The Morgan fingerprint density at radius 1 is 1.25 bits per heavy atom. The molecule has 106 valence electrons. The average molecular weight is 274 g/mol. The highest BCUT2D eigenvalue weighted by Gasteiger charge is 2.24. The van der Waals surface area contributed by atoms with Gasteiger partial charge in [0.05, 0.1) is 12.6 Å². The first-order valence-corrected chi connectivity index (χ1v) is 6.54. The first kappa shape index (κ1) is 14.1. The second kappa shape index (κ2) is 5.77. The highest BCUT2D eigenvalue weighted by molar-refractivity contribution is 5.95. The predicted molar refractivity (Wildman–Crippen MR) is 75.0 cm³/mol.